The zero-order valence-electron chi connectivity index (χ0n) is 8.92. The first-order valence-electron chi connectivity index (χ1n) is 4.74. The second-order valence-electron chi connectivity index (χ2n) is 3.94. The van der Waals surface area contributed by atoms with E-state index in [9.17, 15) is 5.11 Å². The van der Waals surface area contributed by atoms with E-state index >= 15 is 0 Å². The molecule has 5 nitrogen and oxygen atoms in total. The lowest BCUT2D eigenvalue weighted by molar-refractivity contribution is 0.0737. The van der Waals surface area contributed by atoms with Crippen LogP contribution in [0.25, 0.3) is 5.82 Å². The Balaban J connectivity index is 2.35. The summed E-state index contributed by atoms with van der Waals surface area (Å²) in [5.41, 5.74) is -0.481. The average molecular weight is 283 g/mol. The molecule has 16 heavy (non-hydrogen) atoms. The van der Waals surface area contributed by atoms with Crippen LogP contribution in [-0.2, 0) is 5.60 Å². The molecule has 0 unspecified atom stereocenters. The molecule has 6 heteroatoms. The number of rotatable bonds is 2. The summed E-state index contributed by atoms with van der Waals surface area (Å²) >= 11 is 3.31. The van der Waals surface area contributed by atoms with Gasteiger partial charge in [-0.3, -0.25) is 0 Å². The Bertz CT molecular complexity index is 486. The number of halogens is 1. The largest absolute Gasteiger partial charge is 0.384 e. The maximum Gasteiger partial charge on any atom is 0.155 e. The van der Waals surface area contributed by atoms with Crippen LogP contribution in [0.4, 0.5) is 0 Å². The molecular weight excluding hydrogens is 272 g/mol. The average Bonchev–Trinajstić information content (AvgIpc) is 2.67. The number of pyridine rings is 1. The summed E-state index contributed by atoms with van der Waals surface area (Å²) in [5, 5.41) is 17.6. The van der Waals surface area contributed by atoms with Crippen molar-refractivity contribution in [2.45, 2.75) is 19.4 Å². The van der Waals surface area contributed by atoms with E-state index in [0.29, 0.717) is 11.5 Å². The number of aromatic nitrogens is 4. The Hall–Kier alpha value is -1.27. The summed E-state index contributed by atoms with van der Waals surface area (Å²) in [6.45, 7) is 3.33. The van der Waals surface area contributed by atoms with Crippen LogP contribution in [-0.4, -0.2) is 25.1 Å². The minimum absolute atomic E-state index is 0.511. The fourth-order valence-corrected chi connectivity index (χ4v) is 1.39. The fourth-order valence-electron chi connectivity index (χ4n) is 1.16. The highest BCUT2D eigenvalue weighted by Gasteiger charge is 2.20. The van der Waals surface area contributed by atoms with Crippen molar-refractivity contribution in [2.24, 2.45) is 0 Å². The highest BCUT2D eigenvalue weighted by Crippen LogP contribution is 2.17. The molecule has 0 spiro atoms. The van der Waals surface area contributed by atoms with E-state index in [1.165, 1.54) is 4.68 Å². The standard InChI is InChI=1S/C10H11BrN4O/c1-10(2,16)8-6-15(14-13-8)9-4-3-7(11)5-12-9/h3-6,16H,1-2H3. The molecule has 84 valence electrons. The van der Waals surface area contributed by atoms with Gasteiger partial charge in [-0.1, -0.05) is 5.21 Å². The molecule has 2 aromatic heterocycles. The molecule has 0 radical (unpaired) electrons. The molecule has 1 N–H and O–H groups in total. The predicted molar refractivity (Wildman–Crippen MR) is 62.1 cm³/mol. The second kappa shape index (κ2) is 3.95. The van der Waals surface area contributed by atoms with E-state index in [4.69, 9.17) is 0 Å². The topological polar surface area (TPSA) is 63.8 Å². The van der Waals surface area contributed by atoms with E-state index in [0.717, 1.165) is 4.47 Å². The minimum atomic E-state index is -0.992. The molecule has 2 rings (SSSR count). The third-order valence-corrected chi connectivity index (χ3v) is 2.54. The lowest BCUT2D eigenvalue weighted by Gasteiger charge is -2.11. The molecule has 0 saturated heterocycles. The minimum Gasteiger partial charge on any atom is -0.384 e. The second-order valence-corrected chi connectivity index (χ2v) is 4.86. The van der Waals surface area contributed by atoms with Gasteiger partial charge in [0.2, 0.25) is 0 Å². The first-order chi connectivity index (χ1) is 7.47. The quantitative estimate of drug-likeness (QED) is 0.910. The van der Waals surface area contributed by atoms with Gasteiger partial charge in [-0.05, 0) is 41.9 Å². The third-order valence-electron chi connectivity index (χ3n) is 2.07. The van der Waals surface area contributed by atoms with Crippen LogP contribution in [0.15, 0.2) is 29.0 Å². The fraction of sp³-hybridized carbons (Fsp3) is 0.300. The number of nitrogens with zero attached hydrogens (tertiary/aromatic N) is 4. The highest BCUT2D eigenvalue weighted by atomic mass is 79.9. The van der Waals surface area contributed by atoms with E-state index in [1.54, 1.807) is 26.2 Å². The molecule has 0 aromatic carbocycles. The Kier molecular flexibility index (Phi) is 2.77. The predicted octanol–water partition coefficient (Wildman–Crippen LogP) is 1.65. The summed E-state index contributed by atoms with van der Waals surface area (Å²) in [7, 11) is 0. The van der Waals surface area contributed by atoms with Crippen LogP contribution < -0.4 is 0 Å². The zero-order valence-corrected chi connectivity index (χ0v) is 10.5. The highest BCUT2D eigenvalue weighted by molar-refractivity contribution is 9.10. The van der Waals surface area contributed by atoms with Crippen molar-refractivity contribution in [2.75, 3.05) is 0 Å². The van der Waals surface area contributed by atoms with E-state index < -0.39 is 5.60 Å². The van der Waals surface area contributed by atoms with Crippen LogP contribution in [0.3, 0.4) is 0 Å². The van der Waals surface area contributed by atoms with Crippen LogP contribution in [0.2, 0.25) is 0 Å². The van der Waals surface area contributed by atoms with Gasteiger partial charge in [0.05, 0.1) is 6.20 Å². The maximum absolute atomic E-state index is 9.75. The maximum atomic E-state index is 9.75. The molecule has 0 saturated carbocycles. The normalized spacial score (nSPS) is 11.8. The van der Waals surface area contributed by atoms with Crippen molar-refractivity contribution in [3.63, 3.8) is 0 Å². The summed E-state index contributed by atoms with van der Waals surface area (Å²) in [6.07, 6.45) is 3.34. The summed E-state index contributed by atoms with van der Waals surface area (Å²) in [6, 6.07) is 3.68. The molecule has 0 bridgehead atoms. The van der Waals surface area contributed by atoms with Crippen LogP contribution in [0.1, 0.15) is 19.5 Å². The Morgan fingerprint density at radius 1 is 1.38 bits per heavy atom. The van der Waals surface area contributed by atoms with Crippen molar-refractivity contribution in [3.8, 4) is 5.82 Å². The lowest BCUT2D eigenvalue weighted by Crippen LogP contribution is -2.15. The summed E-state index contributed by atoms with van der Waals surface area (Å²) < 4.78 is 2.43. The molecule has 0 aliphatic carbocycles. The summed E-state index contributed by atoms with van der Waals surface area (Å²) in [4.78, 5) is 4.18. The van der Waals surface area contributed by atoms with Gasteiger partial charge in [0.25, 0.3) is 0 Å². The Morgan fingerprint density at radius 2 is 2.12 bits per heavy atom. The van der Waals surface area contributed by atoms with Gasteiger partial charge in [-0.15, -0.1) is 5.10 Å². The van der Waals surface area contributed by atoms with Gasteiger partial charge >= 0.3 is 0 Å². The van der Waals surface area contributed by atoms with E-state index in [-0.39, 0.29) is 0 Å². The van der Waals surface area contributed by atoms with Crippen molar-refractivity contribution < 1.29 is 5.11 Å². The lowest BCUT2D eigenvalue weighted by atomic mass is 10.1. The van der Waals surface area contributed by atoms with Crippen molar-refractivity contribution in [1.29, 1.82) is 0 Å². The van der Waals surface area contributed by atoms with Crippen LogP contribution >= 0.6 is 15.9 Å². The third kappa shape index (κ3) is 2.28. The van der Waals surface area contributed by atoms with Crippen molar-refractivity contribution >= 4 is 15.9 Å². The van der Waals surface area contributed by atoms with Crippen LogP contribution in [0, 0.1) is 0 Å². The smallest absolute Gasteiger partial charge is 0.155 e. The van der Waals surface area contributed by atoms with Gasteiger partial charge in [0.15, 0.2) is 5.82 Å². The van der Waals surface area contributed by atoms with Crippen molar-refractivity contribution in [1.82, 2.24) is 20.0 Å². The van der Waals surface area contributed by atoms with Gasteiger partial charge < -0.3 is 5.11 Å². The molecule has 2 heterocycles. The Morgan fingerprint density at radius 3 is 2.62 bits per heavy atom. The molecule has 0 aliphatic heterocycles. The summed E-state index contributed by atoms with van der Waals surface area (Å²) in [5.74, 6) is 0.659. The first-order valence-corrected chi connectivity index (χ1v) is 5.53. The molecular formula is C10H11BrN4O. The molecule has 0 fully saturated rings. The number of aliphatic hydroxyl groups is 1. The zero-order chi connectivity index (χ0) is 11.8. The number of hydrogen-bond acceptors (Lipinski definition) is 4. The van der Waals surface area contributed by atoms with Crippen molar-refractivity contribution in [3.05, 3.63) is 34.7 Å². The Labute approximate surface area is 101 Å². The van der Waals surface area contributed by atoms with E-state index in [1.807, 2.05) is 12.1 Å². The molecule has 0 amide bonds. The van der Waals surface area contributed by atoms with Crippen LogP contribution in [0.5, 0.6) is 0 Å². The molecule has 0 atom stereocenters. The van der Waals surface area contributed by atoms with E-state index in [2.05, 4.69) is 31.2 Å². The molecule has 2 aromatic rings. The van der Waals surface area contributed by atoms with Gasteiger partial charge in [-0.2, -0.15) is 0 Å². The SMILES string of the molecule is CC(C)(O)c1cn(-c2ccc(Br)cn2)nn1. The van der Waals surface area contributed by atoms with Gasteiger partial charge in [-0.25, -0.2) is 9.67 Å². The van der Waals surface area contributed by atoms with Gasteiger partial charge in [0.1, 0.15) is 11.3 Å². The first kappa shape index (κ1) is 11.2. The van der Waals surface area contributed by atoms with Gasteiger partial charge in [0, 0.05) is 10.7 Å². The molecule has 0 aliphatic rings. The number of hydrogen-bond donors (Lipinski definition) is 1. The monoisotopic (exact) mass is 282 g/mol.